The van der Waals surface area contributed by atoms with Crippen molar-refractivity contribution >= 4 is 23.3 Å². The highest BCUT2D eigenvalue weighted by Gasteiger charge is 2.40. The number of aromatic nitrogens is 2. The minimum Gasteiger partial charge on any atom is -0.409 e. The summed E-state index contributed by atoms with van der Waals surface area (Å²) in [6, 6.07) is 0. The van der Waals surface area contributed by atoms with Gasteiger partial charge in [0.05, 0.1) is 0 Å². The number of amidine groups is 1. The van der Waals surface area contributed by atoms with Gasteiger partial charge in [-0.1, -0.05) is 23.0 Å². The zero-order valence-electron chi connectivity index (χ0n) is 11.4. The first-order chi connectivity index (χ1) is 9.61. The van der Waals surface area contributed by atoms with E-state index in [9.17, 15) is 4.79 Å². The molecule has 110 valence electrons. The summed E-state index contributed by atoms with van der Waals surface area (Å²) in [6.07, 6.45) is 4.34. The molecule has 1 aliphatic rings. The van der Waals surface area contributed by atoms with E-state index in [1.807, 2.05) is 0 Å². The summed E-state index contributed by atoms with van der Waals surface area (Å²) >= 11 is 1.11. The van der Waals surface area contributed by atoms with Crippen molar-refractivity contribution in [3.63, 3.8) is 0 Å². The van der Waals surface area contributed by atoms with Gasteiger partial charge in [-0.3, -0.25) is 4.79 Å². The van der Waals surface area contributed by atoms with Crippen molar-refractivity contribution < 1.29 is 10.0 Å². The maximum Gasteiger partial charge on any atom is 0.273 e. The van der Waals surface area contributed by atoms with Crippen LogP contribution in [0.1, 0.15) is 49.5 Å². The first kappa shape index (κ1) is 14.7. The van der Waals surface area contributed by atoms with Gasteiger partial charge >= 0.3 is 0 Å². The van der Waals surface area contributed by atoms with Crippen molar-refractivity contribution in [3.8, 4) is 0 Å². The molecule has 1 aliphatic carbocycles. The lowest BCUT2D eigenvalue weighted by atomic mass is 9.75. The van der Waals surface area contributed by atoms with Gasteiger partial charge in [0.2, 0.25) is 0 Å². The molecule has 7 nitrogen and oxygen atoms in total. The molecule has 0 bridgehead atoms. The van der Waals surface area contributed by atoms with E-state index < -0.39 is 5.54 Å². The highest BCUT2D eigenvalue weighted by atomic mass is 32.1. The molecule has 0 aromatic carbocycles. The summed E-state index contributed by atoms with van der Waals surface area (Å²) in [5.41, 5.74) is 5.31. The van der Waals surface area contributed by atoms with Gasteiger partial charge in [-0.05, 0) is 43.1 Å². The zero-order chi connectivity index (χ0) is 14.6. The normalized spacial score (nSPS) is 27.2. The van der Waals surface area contributed by atoms with Crippen molar-refractivity contribution in [3.05, 3.63) is 11.1 Å². The van der Waals surface area contributed by atoms with Gasteiger partial charge in [-0.15, -0.1) is 5.10 Å². The van der Waals surface area contributed by atoms with Gasteiger partial charge in [0.1, 0.15) is 5.54 Å². The van der Waals surface area contributed by atoms with Crippen LogP contribution in [0.25, 0.3) is 0 Å². The molecular weight excluding hydrogens is 278 g/mol. The Morgan fingerprint density at radius 3 is 2.85 bits per heavy atom. The number of amides is 1. The molecule has 0 aliphatic heterocycles. The van der Waals surface area contributed by atoms with Crippen molar-refractivity contribution in [2.24, 2.45) is 16.8 Å². The second-order valence-corrected chi connectivity index (χ2v) is 5.77. The van der Waals surface area contributed by atoms with Crippen LogP contribution in [0.2, 0.25) is 0 Å². The smallest absolute Gasteiger partial charge is 0.273 e. The van der Waals surface area contributed by atoms with Crippen molar-refractivity contribution in [1.29, 1.82) is 0 Å². The Balaban J connectivity index is 2.15. The summed E-state index contributed by atoms with van der Waals surface area (Å²) < 4.78 is 3.67. The Kier molecular flexibility index (Phi) is 4.53. The molecule has 0 unspecified atom stereocenters. The summed E-state index contributed by atoms with van der Waals surface area (Å²) in [5, 5.41) is 20.3. The Bertz CT molecular complexity index is 480. The van der Waals surface area contributed by atoms with Crippen LogP contribution < -0.4 is 11.1 Å². The molecule has 1 amide bonds. The quantitative estimate of drug-likeness (QED) is 0.336. The first-order valence-electron chi connectivity index (χ1n) is 6.69. The van der Waals surface area contributed by atoms with Crippen LogP contribution in [0.4, 0.5) is 0 Å². The Hall–Kier alpha value is -1.70. The van der Waals surface area contributed by atoms with Gasteiger partial charge in [0.15, 0.2) is 11.5 Å². The molecule has 1 aromatic rings. The van der Waals surface area contributed by atoms with Crippen LogP contribution in [-0.2, 0) is 0 Å². The van der Waals surface area contributed by atoms with Gasteiger partial charge in [0.25, 0.3) is 5.91 Å². The predicted octanol–water partition coefficient (Wildman–Crippen LogP) is 1.35. The SMILES string of the molecule is CCC1CCC(NC(=O)c2csnn2)(C(N)=NO)CC1. The fourth-order valence-electron chi connectivity index (χ4n) is 2.66. The second kappa shape index (κ2) is 6.17. The number of hydrogen-bond donors (Lipinski definition) is 3. The fourth-order valence-corrected chi connectivity index (χ4v) is 3.10. The lowest BCUT2D eigenvalue weighted by molar-refractivity contribution is 0.0890. The van der Waals surface area contributed by atoms with E-state index in [2.05, 4.69) is 27.0 Å². The Morgan fingerprint density at radius 1 is 1.65 bits per heavy atom. The van der Waals surface area contributed by atoms with E-state index in [4.69, 9.17) is 10.9 Å². The van der Waals surface area contributed by atoms with Gasteiger partial charge in [0, 0.05) is 5.38 Å². The largest absolute Gasteiger partial charge is 0.409 e. The molecule has 1 fully saturated rings. The average Bonchev–Trinajstić information content (AvgIpc) is 3.01. The van der Waals surface area contributed by atoms with Gasteiger partial charge in [-0.2, -0.15) is 0 Å². The second-order valence-electron chi connectivity index (χ2n) is 5.16. The fraction of sp³-hybridized carbons (Fsp3) is 0.667. The summed E-state index contributed by atoms with van der Waals surface area (Å²) in [5.74, 6) is 0.358. The lowest BCUT2D eigenvalue weighted by Crippen LogP contribution is -2.59. The maximum atomic E-state index is 12.2. The topological polar surface area (TPSA) is 113 Å². The van der Waals surface area contributed by atoms with E-state index >= 15 is 0 Å². The number of carbonyl (C=O) groups is 1. The van der Waals surface area contributed by atoms with E-state index in [1.165, 1.54) is 0 Å². The van der Waals surface area contributed by atoms with Crippen LogP contribution >= 0.6 is 11.5 Å². The molecule has 1 aromatic heterocycles. The van der Waals surface area contributed by atoms with E-state index in [1.54, 1.807) is 5.38 Å². The van der Waals surface area contributed by atoms with Crippen LogP contribution in [0, 0.1) is 5.92 Å². The Morgan fingerprint density at radius 2 is 2.35 bits per heavy atom. The molecule has 1 heterocycles. The first-order valence-corrected chi connectivity index (χ1v) is 7.52. The minimum atomic E-state index is -0.777. The number of rotatable bonds is 4. The van der Waals surface area contributed by atoms with Crippen LogP contribution in [0.3, 0.4) is 0 Å². The summed E-state index contributed by atoms with van der Waals surface area (Å²) in [7, 11) is 0. The molecule has 2 rings (SSSR count). The molecule has 8 heteroatoms. The molecule has 1 saturated carbocycles. The van der Waals surface area contributed by atoms with E-state index in [0.717, 1.165) is 30.8 Å². The Labute approximate surface area is 121 Å². The van der Waals surface area contributed by atoms with Crippen molar-refractivity contribution in [1.82, 2.24) is 14.9 Å². The van der Waals surface area contributed by atoms with Crippen molar-refractivity contribution in [2.45, 2.75) is 44.6 Å². The standard InChI is InChI=1S/C12H19N5O2S/c1-2-8-3-5-12(6-4-8,11(13)16-19)14-10(18)9-7-20-17-15-9/h7-8,19H,2-6H2,1H3,(H2,13,16)(H,14,18). The summed E-state index contributed by atoms with van der Waals surface area (Å²) in [6.45, 7) is 2.15. The highest BCUT2D eigenvalue weighted by Crippen LogP contribution is 2.34. The predicted molar refractivity (Wildman–Crippen MR) is 75.8 cm³/mol. The lowest BCUT2D eigenvalue weighted by Gasteiger charge is -2.39. The van der Waals surface area contributed by atoms with Crippen molar-refractivity contribution in [2.75, 3.05) is 0 Å². The number of nitrogens with one attached hydrogen (secondary N) is 1. The number of nitrogens with zero attached hydrogens (tertiary/aromatic N) is 3. The number of oxime groups is 1. The third-order valence-electron chi connectivity index (χ3n) is 4.08. The summed E-state index contributed by atoms with van der Waals surface area (Å²) in [4.78, 5) is 12.2. The molecule has 0 spiro atoms. The van der Waals surface area contributed by atoms with E-state index in [0.29, 0.717) is 18.8 Å². The zero-order valence-corrected chi connectivity index (χ0v) is 12.2. The van der Waals surface area contributed by atoms with Crippen LogP contribution in [-0.4, -0.2) is 32.1 Å². The molecule has 0 saturated heterocycles. The van der Waals surface area contributed by atoms with Crippen LogP contribution in [0.15, 0.2) is 10.5 Å². The number of hydrogen-bond acceptors (Lipinski definition) is 6. The third kappa shape index (κ3) is 2.90. The van der Waals surface area contributed by atoms with Gasteiger partial charge < -0.3 is 16.3 Å². The molecule has 0 radical (unpaired) electrons. The molecule has 0 atom stereocenters. The van der Waals surface area contributed by atoms with Crippen LogP contribution in [0.5, 0.6) is 0 Å². The minimum absolute atomic E-state index is 0.0589. The van der Waals surface area contributed by atoms with Gasteiger partial charge in [-0.25, -0.2) is 0 Å². The highest BCUT2D eigenvalue weighted by molar-refractivity contribution is 7.03. The maximum absolute atomic E-state index is 12.2. The number of carbonyl (C=O) groups excluding carboxylic acids is 1. The number of nitrogens with two attached hydrogens (primary N) is 1. The monoisotopic (exact) mass is 297 g/mol. The van der Waals surface area contributed by atoms with E-state index in [-0.39, 0.29) is 17.4 Å². The molecular formula is C12H19N5O2S. The molecule has 4 N–H and O–H groups in total. The third-order valence-corrected chi connectivity index (χ3v) is 4.58. The molecule has 20 heavy (non-hydrogen) atoms. The average molecular weight is 297 g/mol.